The van der Waals surface area contributed by atoms with Crippen LogP contribution in [0.1, 0.15) is 56.7 Å². The molecule has 2 unspecified atom stereocenters. The third kappa shape index (κ3) is 4.72. The van der Waals surface area contributed by atoms with Crippen molar-refractivity contribution in [2.45, 2.75) is 51.7 Å². The van der Waals surface area contributed by atoms with E-state index in [1.807, 2.05) is 24.4 Å². The van der Waals surface area contributed by atoms with E-state index in [0.717, 1.165) is 54.2 Å². The molecule has 9 nitrogen and oxygen atoms in total. The van der Waals surface area contributed by atoms with Gasteiger partial charge in [-0.05, 0) is 49.9 Å². The fourth-order valence-corrected chi connectivity index (χ4v) is 3.85. The molecule has 3 aromatic rings. The summed E-state index contributed by atoms with van der Waals surface area (Å²) in [6, 6.07) is 6.09. The number of nitrogens with zero attached hydrogens (tertiary/aromatic N) is 4. The van der Waals surface area contributed by atoms with E-state index in [2.05, 4.69) is 41.5 Å². The number of fused-ring (bicyclic) bond motifs is 1. The molecule has 2 atom stereocenters. The van der Waals surface area contributed by atoms with E-state index in [-0.39, 0.29) is 18.1 Å². The maximum atomic E-state index is 6.16. The van der Waals surface area contributed by atoms with E-state index in [0.29, 0.717) is 12.0 Å². The Hall–Kier alpha value is -3.07. The van der Waals surface area contributed by atoms with Gasteiger partial charge in [0.05, 0.1) is 26.5 Å². The number of anilines is 1. The van der Waals surface area contributed by atoms with Gasteiger partial charge in [0.2, 0.25) is 5.95 Å². The number of benzene rings is 1. The van der Waals surface area contributed by atoms with Crippen molar-refractivity contribution < 1.29 is 14.2 Å². The fourth-order valence-electron chi connectivity index (χ4n) is 3.85. The number of nitrogens with one attached hydrogen (secondary N) is 2. The first-order valence-corrected chi connectivity index (χ1v) is 11.1. The zero-order valence-electron chi connectivity index (χ0n) is 19.4. The second-order valence-electron chi connectivity index (χ2n) is 8.42. The van der Waals surface area contributed by atoms with Gasteiger partial charge in [0, 0.05) is 18.2 Å². The summed E-state index contributed by atoms with van der Waals surface area (Å²) in [7, 11) is 3.29. The molecule has 0 radical (unpaired) electrons. The first-order chi connectivity index (χ1) is 15.5. The molecule has 9 heteroatoms. The molecular weight excluding hydrogens is 408 g/mol. The lowest BCUT2D eigenvalue weighted by Crippen LogP contribution is -2.37. The number of hydrogen-bond acceptors (Lipinski definition) is 8. The van der Waals surface area contributed by atoms with Crippen molar-refractivity contribution >= 4 is 11.6 Å². The lowest BCUT2D eigenvalue weighted by Gasteiger charge is -2.23. The van der Waals surface area contributed by atoms with E-state index >= 15 is 0 Å². The van der Waals surface area contributed by atoms with Crippen LogP contribution in [0, 0.1) is 0 Å². The Labute approximate surface area is 188 Å². The zero-order chi connectivity index (χ0) is 22.7. The van der Waals surface area contributed by atoms with Crippen LogP contribution in [-0.4, -0.2) is 53.0 Å². The lowest BCUT2D eigenvalue weighted by atomic mass is 10.1. The van der Waals surface area contributed by atoms with Crippen LogP contribution in [0.2, 0.25) is 0 Å². The molecule has 1 saturated heterocycles. The smallest absolute Gasteiger partial charge is 0.322 e. The minimum Gasteiger partial charge on any atom is -0.497 e. The third-order valence-corrected chi connectivity index (χ3v) is 5.74. The monoisotopic (exact) mass is 440 g/mol. The van der Waals surface area contributed by atoms with Crippen LogP contribution in [-0.2, 0) is 0 Å². The Morgan fingerprint density at radius 2 is 1.84 bits per heavy atom. The summed E-state index contributed by atoms with van der Waals surface area (Å²) in [6.45, 7) is 8.13. The number of methoxy groups -OCH3 is 2. The third-order valence-electron chi connectivity index (χ3n) is 5.74. The van der Waals surface area contributed by atoms with Gasteiger partial charge >= 0.3 is 6.01 Å². The Bertz CT molecular complexity index is 1040. The molecule has 0 amide bonds. The normalized spacial score (nSPS) is 17.4. The summed E-state index contributed by atoms with van der Waals surface area (Å²) >= 11 is 0. The molecule has 0 saturated carbocycles. The van der Waals surface area contributed by atoms with Crippen molar-refractivity contribution in [1.29, 1.82) is 0 Å². The standard InChI is InChI=1S/C23H32N6O3/c1-14(2)20-13-25-29-21(20)27-23(32-17-7-6-8-24-12-17)28-22(29)26-15(3)16-9-18(30-4)11-19(10-16)31-5/h9-11,13-15,17,24H,6-8,12H2,1-5H3,(H,26,27,28). The first kappa shape index (κ1) is 22.1. The maximum absolute atomic E-state index is 6.16. The molecular formula is C23H32N6O3. The number of rotatable bonds is 8. The van der Waals surface area contributed by atoms with E-state index in [1.165, 1.54) is 0 Å². The number of piperidine rings is 1. The average Bonchev–Trinajstić information content (AvgIpc) is 3.24. The van der Waals surface area contributed by atoms with Gasteiger partial charge in [0.1, 0.15) is 17.6 Å². The van der Waals surface area contributed by atoms with Crippen molar-refractivity contribution in [3.8, 4) is 17.5 Å². The second kappa shape index (κ2) is 9.60. The fraction of sp³-hybridized carbons (Fsp3) is 0.522. The summed E-state index contributed by atoms with van der Waals surface area (Å²) in [5.74, 6) is 2.32. The molecule has 1 aromatic carbocycles. The van der Waals surface area contributed by atoms with Crippen LogP contribution in [0.4, 0.5) is 5.95 Å². The molecule has 172 valence electrons. The predicted molar refractivity (Wildman–Crippen MR) is 123 cm³/mol. The molecule has 0 aliphatic carbocycles. The van der Waals surface area contributed by atoms with Crippen LogP contribution in [0.5, 0.6) is 17.5 Å². The highest BCUT2D eigenvalue weighted by Gasteiger charge is 2.21. The highest BCUT2D eigenvalue weighted by molar-refractivity contribution is 5.53. The summed E-state index contributed by atoms with van der Waals surface area (Å²) < 4.78 is 18.8. The lowest BCUT2D eigenvalue weighted by molar-refractivity contribution is 0.153. The highest BCUT2D eigenvalue weighted by atomic mass is 16.5. The summed E-state index contributed by atoms with van der Waals surface area (Å²) in [5.41, 5.74) is 2.81. The van der Waals surface area contributed by atoms with E-state index < -0.39 is 0 Å². The van der Waals surface area contributed by atoms with Crippen molar-refractivity contribution in [3.05, 3.63) is 35.5 Å². The molecule has 4 rings (SSSR count). The van der Waals surface area contributed by atoms with Gasteiger partial charge in [0.15, 0.2) is 5.65 Å². The van der Waals surface area contributed by atoms with Gasteiger partial charge in [-0.2, -0.15) is 19.6 Å². The molecule has 3 heterocycles. The van der Waals surface area contributed by atoms with Crippen molar-refractivity contribution in [2.24, 2.45) is 0 Å². The van der Waals surface area contributed by atoms with Gasteiger partial charge in [-0.25, -0.2) is 0 Å². The van der Waals surface area contributed by atoms with Crippen LogP contribution < -0.4 is 24.8 Å². The average molecular weight is 441 g/mol. The second-order valence-corrected chi connectivity index (χ2v) is 8.42. The molecule has 1 aliphatic heterocycles. The number of hydrogen-bond donors (Lipinski definition) is 2. The Morgan fingerprint density at radius 1 is 1.09 bits per heavy atom. The molecule has 1 aliphatic rings. The van der Waals surface area contributed by atoms with Gasteiger partial charge in [-0.15, -0.1) is 0 Å². The van der Waals surface area contributed by atoms with Crippen LogP contribution in [0.25, 0.3) is 5.65 Å². The topological polar surface area (TPSA) is 94.8 Å². The minimum absolute atomic E-state index is 0.0598. The Morgan fingerprint density at radius 3 is 2.47 bits per heavy atom. The molecule has 2 aromatic heterocycles. The van der Waals surface area contributed by atoms with E-state index in [9.17, 15) is 0 Å². The van der Waals surface area contributed by atoms with Crippen molar-refractivity contribution in [3.63, 3.8) is 0 Å². The highest BCUT2D eigenvalue weighted by Crippen LogP contribution is 2.29. The predicted octanol–water partition coefficient (Wildman–Crippen LogP) is 3.57. The molecule has 0 bridgehead atoms. The number of aromatic nitrogens is 4. The van der Waals surface area contributed by atoms with E-state index in [4.69, 9.17) is 19.2 Å². The SMILES string of the molecule is COc1cc(OC)cc(C(C)Nc2nc(OC3CCCNC3)nc3c(C(C)C)cnn23)c1. The maximum Gasteiger partial charge on any atom is 0.322 e. The first-order valence-electron chi connectivity index (χ1n) is 11.1. The van der Waals surface area contributed by atoms with Crippen molar-refractivity contribution in [2.75, 3.05) is 32.6 Å². The summed E-state index contributed by atoms with van der Waals surface area (Å²) in [5, 5.41) is 11.4. The van der Waals surface area contributed by atoms with Crippen LogP contribution >= 0.6 is 0 Å². The molecule has 2 N–H and O–H groups in total. The van der Waals surface area contributed by atoms with Gasteiger partial charge in [-0.3, -0.25) is 0 Å². The number of ether oxygens (including phenoxy) is 3. The van der Waals surface area contributed by atoms with Gasteiger partial charge in [0.25, 0.3) is 0 Å². The quantitative estimate of drug-likeness (QED) is 0.549. The van der Waals surface area contributed by atoms with Gasteiger partial charge in [-0.1, -0.05) is 13.8 Å². The molecule has 0 spiro atoms. The molecule has 32 heavy (non-hydrogen) atoms. The van der Waals surface area contributed by atoms with Crippen LogP contribution in [0.3, 0.4) is 0 Å². The Kier molecular flexibility index (Phi) is 6.64. The Balaban J connectivity index is 1.68. The summed E-state index contributed by atoms with van der Waals surface area (Å²) in [4.78, 5) is 9.39. The largest absolute Gasteiger partial charge is 0.497 e. The zero-order valence-corrected chi connectivity index (χ0v) is 19.4. The van der Waals surface area contributed by atoms with Crippen molar-refractivity contribution in [1.82, 2.24) is 24.9 Å². The van der Waals surface area contributed by atoms with Gasteiger partial charge < -0.3 is 24.8 Å². The van der Waals surface area contributed by atoms with E-state index in [1.54, 1.807) is 18.7 Å². The molecule has 1 fully saturated rings. The summed E-state index contributed by atoms with van der Waals surface area (Å²) in [6.07, 6.45) is 3.98. The minimum atomic E-state index is -0.0898. The van der Waals surface area contributed by atoms with Crippen LogP contribution in [0.15, 0.2) is 24.4 Å².